The molecule has 0 saturated carbocycles. The summed E-state index contributed by atoms with van der Waals surface area (Å²) < 4.78 is 0. The minimum Gasteiger partial charge on any atom is -0.367 e. The lowest BCUT2D eigenvalue weighted by molar-refractivity contribution is -0.384. The second-order valence-corrected chi connectivity index (χ2v) is 9.63. The Kier molecular flexibility index (Phi) is 4.41. The van der Waals surface area contributed by atoms with Crippen LogP contribution in [0.3, 0.4) is 0 Å². The highest BCUT2D eigenvalue weighted by molar-refractivity contribution is 6.20. The number of barbiturate groups is 1. The first kappa shape index (κ1) is 20.3. The van der Waals surface area contributed by atoms with Crippen LogP contribution < -0.4 is 10.2 Å². The number of hydrogen-bond acceptors (Lipinski definition) is 6. The molecule has 1 spiro atoms. The Morgan fingerprint density at radius 2 is 1.93 bits per heavy atom. The van der Waals surface area contributed by atoms with Crippen LogP contribution in [-0.4, -0.2) is 45.8 Å². The van der Waals surface area contributed by atoms with Crippen LogP contribution in [-0.2, 0) is 16.0 Å². The first-order valence-electron chi connectivity index (χ1n) is 10.2. The summed E-state index contributed by atoms with van der Waals surface area (Å²) in [6.07, 6.45) is 1.55. The van der Waals surface area contributed by atoms with Crippen LogP contribution in [0.15, 0.2) is 18.2 Å². The number of amides is 4. The molecule has 3 aliphatic rings. The molecule has 3 heterocycles. The number of nitro benzene ring substituents is 1. The van der Waals surface area contributed by atoms with E-state index >= 15 is 0 Å². The van der Waals surface area contributed by atoms with Crippen molar-refractivity contribution in [1.29, 1.82) is 0 Å². The topological polar surface area (TPSA) is 113 Å². The highest BCUT2D eigenvalue weighted by atomic mass is 16.6. The maximum absolute atomic E-state index is 13.8. The SMILES string of the molecule is C[C@@H]1CCN2c3ccc([N+](=O)[O-])cc3C[C@]3(C(=O)NC(=O)N(C(C)(C)C)C3=O)[C@H]2C1. The highest BCUT2D eigenvalue weighted by Gasteiger charge is 2.63. The number of rotatable bonds is 1. The number of nitro groups is 1. The zero-order valence-electron chi connectivity index (χ0n) is 17.6. The number of nitrogens with zero attached hydrogens (tertiary/aromatic N) is 3. The molecule has 2 fully saturated rings. The second kappa shape index (κ2) is 6.52. The van der Waals surface area contributed by atoms with Crippen molar-refractivity contribution in [2.24, 2.45) is 11.3 Å². The molecule has 0 aliphatic carbocycles. The summed E-state index contributed by atoms with van der Waals surface area (Å²) in [6.45, 7) is 7.97. The number of benzene rings is 1. The molecule has 3 atom stereocenters. The standard InChI is InChI=1S/C21H26N4O5/c1-12-7-8-23-15-6-5-14(25(29)30)10-13(15)11-21(16(23)9-12)17(26)22-19(28)24(18(21)27)20(2,3)4/h5-6,10,12,16H,7-9,11H2,1-4H3,(H,22,26,28)/t12-,16-,21-/m1/s1. The van der Waals surface area contributed by atoms with Gasteiger partial charge in [-0.3, -0.25) is 29.9 Å². The normalized spacial score (nSPS) is 28.9. The minimum atomic E-state index is -1.50. The fraction of sp³-hybridized carbons (Fsp3) is 0.571. The summed E-state index contributed by atoms with van der Waals surface area (Å²) in [5.74, 6) is -0.826. The zero-order chi connectivity index (χ0) is 22.0. The Balaban J connectivity index is 1.91. The predicted octanol–water partition coefficient (Wildman–Crippen LogP) is 2.62. The number of imide groups is 2. The van der Waals surface area contributed by atoms with Crippen LogP contribution in [0.4, 0.5) is 16.2 Å². The number of hydrogen-bond donors (Lipinski definition) is 1. The van der Waals surface area contributed by atoms with E-state index in [4.69, 9.17) is 0 Å². The van der Waals surface area contributed by atoms with Crippen LogP contribution in [0.2, 0.25) is 0 Å². The molecule has 9 heteroatoms. The van der Waals surface area contributed by atoms with E-state index in [1.807, 2.05) is 4.90 Å². The quantitative estimate of drug-likeness (QED) is 0.429. The molecular weight excluding hydrogens is 388 g/mol. The van der Waals surface area contributed by atoms with Gasteiger partial charge in [0.15, 0.2) is 5.41 Å². The van der Waals surface area contributed by atoms with Crippen LogP contribution >= 0.6 is 0 Å². The number of piperidine rings is 1. The van der Waals surface area contributed by atoms with Crippen LogP contribution in [0.1, 0.15) is 46.1 Å². The Morgan fingerprint density at radius 1 is 1.23 bits per heavy atom. The molecule has 4 rings (SSSR count). The van der Waals surface area contributed by atoms with Gasteiger partial charge in [-0.2, -0.15) is 0 Å². The van der Waals surface area contributed by atoms with Gasteiger partial charge in [0.05, 0.1) is 11.0 Å². The van der Waals surface area contributed by atoms with E-state index in [9.17, 15) is 24.5 Å². The molecule has 0 unspecified atom stereocenters. The maximum Gasteiger partial charge on any atom is 0.331 e. The van der Waals surface area contributed by atoms with E-state index in [1.165, 1.54) is 12.1 Å². The predicted molar refractivity (Wildman–Crippen MR) is 109 cm³/mol. The van der Waals surface area contributed by atoms with Gasteiger partial charge in [0.25, 0.3) is 5.69 Å². The molecule has 1 N–H and O–H groups in total. The average molecular weight is 414 g/mol. The molecule has 0 bridgehead atoms. The van der Waals surface area contributed by atoms with E-state index in [1.54, 1.807) is 26.8 Å². The van der Waals surface area contributed by atoms with Crippen molar-refractivity contribution >= 4 is 29.2 Å². The lowest BCUT2D eigenvalue weighted by atomic mass is 9.64. The van der Waals surface area contributed by atoms with Crippen LogP contribution in [0, 0.1) is 21.4 Å². The Bertz CT molecular complexity index is 969. The summed E-state index contributed by atoms with van der Waals surface area (Å²) in [5.41, 5.74) is -0.995. The van der Waals surface area contributed by atoms with E-state index in [0.29, 0.717) is 24.4 Å². The molecule has 1 aromatic carbocycles. The van der Waals surface area contributed by atoms with Crippen molar-refractivity contribution in [1.82, 2.24) is 10.2 Å². The highest BCUT2D eigenvalue weighted by Crippen LogP contribution is 2.49. The number of non-ortho nitro benzene ring substituents is 1. The van der Waals surface area contributed by atoms with Gasteiger partial charge < -0.3 is 4.90 Å². The lowest BCUT2D eigenvalue weighted by Crippen LogP contribution is -2.75. The van der Waals surface area contributed by atoms with E-state index in [0.717, 1.165) is 17.0 Å². The number of nitrogens with one attached hydrogen (secondary N) is 1. The monoisotopic (exact) mass is 414 g/mol. The van der Waals surface area contributed by atoms with Gasteiger partial charge in [0.2, 0.25) is 11.8 Å². The second-order valence-electron chi connectivity index (χ2n) is 9.63. The number of anilines is 1. The van der Waals surface area contributed by atoms with Gasteiger partial charge in [-0.15, -0.1) is 0 Å². The van der Waals surface area contributed by atoms with Crippen molar-refractivity contribution < 1.29 is 19.3 Å². The summed E-state index contributed by atoms with van der Waals surface area (Å²) in [5, 5.41) is 13.7. The molecule has 4 amide bonds. The largest absolute Gasteiger partial charge is 0.367 e. The number of urea groups is 1. The van der Waals surface area contributed by atoms with Gasteiger partial charge in [0.1, 0.15) is 0 Å². The molecule has 160 valence electrons. The van der Waals surface area contributed by atoms with Gasteiger partial charge in [-0.1, -0.05) is 6.92 Å². The number of carbonyl (C=O) groups excluding carboxylic acids is 3. The number of fused-ring (bicyclic) bond motifs is 4. The first-order chi connectivity index (χ1) is 14.0. The molecule has 9 nitrogen and oxygen atoms in total. The van der Waals surface area contributed by atoms with Crippen molar-refractivity contribution in [2.75, 3.05) is 11.4 Å². The van der Waals surface area contributed by atoms with Gasteiger partial charge in [-0.05, 0) is 51.2 Å². The Hall–Kier alpha value is -2.97. The summed E-state index contributed by atoms with van der Waals surface area (Å²) in [7, 11) is 0. The third kappa shape index (κ3) is 2.79. The van der Waals surface area contributed by atoms with Crippen LogP contribution in [0.5, 0.6) is 0 Å². The lowest BCUT2D eigenvalue weighted by Gasteiger charge is -2.55. The molecule has 3 aliphatic heterocycles. The van der Waals surface area contributed by atoms with Gasteiger partial charge in [-0.25, -0.2) is 4.79 Å². The Morgan fingerprint density at radius 3 is 2.57 bits per heavy atom. The summed E-state index contributed by atoms with van der Waals surface area (Å²) >= 11 is 0. The summed E-state index contributed by atoms with van der Waals surface area (Å²) in [4.78, 5) is 53.7. The molecule has 0 aromatic heterocycles. The van der Waals surface area contributed by atoms with Crippen molar-refractivity contribution in [3.05, 3.63) is 33.9 Å². The van der Waals surface area contributed by atoms with Crippen molar-refractivity contribution in [3.63, 3.8) is 0 Å². The van der Waals surface area contributed by atoms with Crippen molar-refractivity contribution in [2.45, 2.75) is 58.5 Å². The van der Waals surface area contributed by atoms with E-state index in [-0.39, 0.29) is 12.1 Å². The third-order valence-corrected chi connectivity index (χ3v) is 6.57. The molecule has 0 radical (unpaired) electrons. The Labute approximate surface area is 174 Å². The van der Waals surface area contributed by atoms with Gasteiger partial charge in [0, 0.05) is 36.3 Å². The van der Waals surface area contributed by atoms with Crippen LogP contribution in [0.25, 0.3) is 0 Å². The summed E-state index contributed by atoms with van der Waals surface area (Å²) in [6, 6.07) is 3.48. The van der Waals surface area contributed by atoms with E-state index in [2.05, 4.69) is 12.2 Å². The molecule has 30 heavy (non-hydrogen) atoms. The third-order valence-electron chi connectivity index (χ3n) is 6.57. The molecular formula is C21H26N4O5. The fourth-order valence-electron chi connectivity index (χ4n) is 5.13. The van der Waals surface area contributed by atoms with Gasteiger partial charge >= 0.3 is 6.03 Å². The fourth-order valence-corrected chi connectivity index (χ4v) is 5.13. The van der Waals surface area contributed by atoms with Crippen molar-refractivity contribution in [3.8, 4) is 0 Å². The minimum absolute atomic E-state index is 0.0302. The smallest absolute Gasteiger partial charge is 0.331 e. The molecule has 1 aromatic rings. The zero-order valence-corrected chi connectivity index (χ0v) is 17.6. The average Bonchev–Trinajstić information content (AvgIpc) is 2.64. The molecule has 2 saturated heterocycles. The maximum atomic E-state index is 13.8. The number of carbonyl (C=O) groups is 3. The first-order valence-corrected chi connectivity index (χ1v) is 10.2. The van der Waals surface area contributed by atoms with E-state index < -0.39 is 39.8 Å².